The van der Waals surface area contributed by atoms with E-state index < -0.39 is 41.9 Å². The average molecular weight is 454 g/mol. The van der Waals surface area contributed by atoms with Crippen molar-refractivity contribution in [2.45, 2.75) is 37.4 Å². The molecule has 0 aliphatic rings. The van der Waals surface area contributed by atoms with Crippen molar-refractivity contribution in [2.75, 3.05) is 36.0 Å². The van der Waals surface area contributed by atoms with Gasteiger partial charge in [-0.15, -0.1) is 0 Å². The summed E-state index contributed by atoms with van der Waals surface area (Å²) < 4.78 is 0. The van der Waals surface area contributed by atoms with Crippen LogP contribution in [0.4, 0.5) is 4.79 Å². The van der Waals surface area contributed by atoms with E-state index in [0.717, 1.165) is 0 Å². The number of amides is 5. The molecule has 0 rings (SSSR count). The standard InChI is InChI=1S/C16H31N5O4S3/c1-26-7-4-10(17)13(22)20-16(25)21(14(23)11(18)5-8-27-2)15(24)12(19)6-9-28-3/h10-12H,4-9,17-19H2,1-3H3,(H,20,22,25). The van der Waals surface area contributed by atoms with Gasteiger partial charge in [0, 0.05) is 0 Å². The van der Waals surface area contributed by atoms with Crippen molar-refractivity contribution in [3.63, 3.8) is 0 Å². The molecule has 0 aromatic rings. The first kappa shape index (κ1) is 27.2. The molecule has 0 saturated heterocycles. The number of thioether (sulfide) groups is 3. The number of nitrogens with one attached hydrogen (secondary N) is 1. The molecule has 3 atom stereocenters. The molecule has 5 amide bonds. The van der Waals surface area contributed by atoms with Crippen LogP contribution in [0, 0.1) is 0 Å². The van der Waals surface area contributed by atoms with Crippen molar-refractivity contribution >= 4 is 59.0 Å². The van der Waals surface area contributed by atoms with Gasteiger partial charge in [-0.1, -0.05) is 0 Å². The van der Waals surface area contributed by atoms with Gasteiger partial charge in [-0.25, -0.2) is 4.79 Å². The smallest absolute Gasteiger partial charge is 0.320 e. The lowest BCUT2D eigenvalue weighted by Gasteiger charge is -2.25. The molecule has 7 N–H and O–H groups in total. The number of imide groups is 4. The maximum absolute atomic E-state index is 12.6. The van der Waals surface area contributed by atoms with Gasteiger partial charge in [0.2, 0.25) is 5.91 Å². The Morgan fingerprint density at radius 3 is 1.46 bits per heavy atom. The SMILES string of the molecule is CSCCC(N)C(=O)NC(=O)N(C(=O)C(N)CCSC)C(=O)C(N)CCSC. The van der Waals surface area contributed by atoms with Gasteiger partial charge >= 0.3 is 6.03 Å². The molecule has 3 unspecified atom stereocenters. The lowest BCUT2D eigenvalue weighted by molar-refractivity contribution is -0.142. The number of carbonyl (C=O) groups is 4. The topological polar surface area (TPSA) is 162 Å². The first-order chi connectivity index (χ1) is 13.2. The van der Waals surface area contributed by atoms with Crippen molar-refractivity contribution in [3.05, 3.63) is 0 Å². The first-order valence-electron chi connectivity index (χ1n) is 8.67. The molecule has 0 bridgehead atoms. The molecule has 9 nitrogen and oxygen atoms in total. The molecule has 0 spiro atoms. The zero-order valence-electron chi connectivity index (χ0n) is 16.5. The fourth-order valence-electron chi connectivity index (χ4n) is 2.01. The van der Waals surface area contributed by atoms with E-state index >= 15 is 0 Å². The summed E-state index contributed by atoms with van der Waals surface area (Å²) in [7, 11) is 0. The highest BCUT2D eigenvalue weighted by Crippen LogP contribution is 2.08. The van der Waals surface area contributed by atoms with Crippen LogP contribution in [0.2, 0.25) is 0 Å². The van der Waals surface area contributed by atoms with Crippen LogP contribution < -0.4 is 22.5 Å². The van der Waals surface area contributed by atoms with Gasteiger partial charge in [-0.3, -0.25) is 19.7 Å². The predicted octanol–water partition coefficient (Wildman–Crippen LogP) is -0.181. The zero-order valence-corrected chi connectivity index (χ0v) is 19.0. The average Bonchev–Trinajstić information content (AvgIpc) is 2.67. The summed E-state index contributed by atoms with van der Waals surface area (Å²) >= 11 is 4.46. The summed E-state index contributed by atoms with van der Waals surface area (Å²) in [6.45, 7) is 0. The number of nitrogens with zero attached hydrogens (tertiary/aromatic N) is 1. The number of hydrogen-bond acceptors (Lipinski definition) is 10. The molecule has 0 aliphatic carbocycles. The van der Waals surface area contributed by atoms with Crippen LogP contribution in [0.25, 0.3) is 0 Å². The highest BCUT2D eigenvalue weighted by molar-refractivity contribution is 7.98. The van der Waals surface area contributed by atoms with E-state index in [4.69, 9.17) is 17.2 Å². The summed E-state index contributed by atoms with van der Waals surface area (Å²) in [5.74, 6) is -0.756. The minimum Gasteiger partial charge on any atom is -0.320 e. The van der Waals surface area contributed by atoms with Crippen LogP contribution in [-0.4, -0.2) is 82.8 Å². The Balaban J connectivity index is 5.34. The highest BCUT2D eigenvalue weighted by atomic mass is 32.2. The number of urea groups is 1. The van der Waals surface area contributed by atoms with Crippen molar-refractivity contribution in [1.29, 1.82) is 0 Å². The Bertz CT molecular complexity index is 512. The maximum atomic E-state index is 12.6. The van der Waals surface area contributed by atoms with Crippen LogP contribution in [0.3, 0.4) is 0 Å². The van der Waals surface area contributed by atoms with E-state index in [0.29, 0.717) is 28.6 Å². The molecular formula is C16H31N5O4S3. The van der Waals surface area contributed by atoms with Gasteiger partial charge < -0.3 is 17.2 Å². The Morgan fingerprint density at radius 2 is 1.11 bits per heavy atom. The van der Waals surface area contributed by atoms with Crippen LogP contribution in [0.15, 0.2) is 0 Å². The van der Waals surface area contributed by atoms with Crippen LogP contribution in [-0.2, 0) is 14.4 Å². The quantitative estimate of drug-likeness (QED) is 0.312. The van der Waals surface area contributed by atoms with Crippen molar-refractivity contribution < 1.29 is 19.2 Å². The van der Waals surface area contributed by atoms with E-state index in [1.807, 2.05) is 24.1 Å². The number of nitrogens with two attached hydrogens (primary N) is 3. The van der Waals surface area contributed by atoms with E-state index in [2.05, 4.69) is 0 Å². The second-order valence-corrected chi connectivity index (χ2v) is 8.93. The zero-order chi connectivity index (χ0) is 21.7. The van der Waals surface area contributed by atoms with E-state index in [1.54, 1.807) is 0 Å². The minimum atomic E-state index is -1.17. The van der Waals surface area contributed by atoms with Gasteiger partial charge in [0.05, 0.1) is 18.1 Å². The largest absolute Gasteiger partial charge is 0.337 e. The molecule has 162 valence electrons. The molecule has 0 fully saturated rings. The maximum Gasteiger partial charge on any atom is 0.337 e. The van der Waals surface area contributed by atoms with Gasteiger partial charge in [-0.2, -0.15) is 40.2 Å². The molecule has 0 aromatic heterocycles. The summed E-state index contributed by atoms with van der Waals surface area (Å²) in [4.78, 5) is 50.3. The third-order valence-electron chi connectivity index (χ3n) is 3.74. The molecular weight excluding hydrogens is 422 g/mol. The predicted molar refractivity (Wildman–Crippen MR) is 118 cm³/mol. The van der Waals surface area contributed by atoms with E-state index in [1.165, 1.54) is 35.3 Å². The molecule has 12 heteroatoms. The Labute approximate surface area is 179 Å². The molecule has 28 heavy (non-hydrogen) atoms. The van der Waals surface area contributed by atoms with Gasteiger partial charge in [0.25, 0.3) is 11.8 Å². The lowest BCUT2D eigenvalue weighted by Crippen LogP contribution is -2.59. The normalized spacial score (nSPS) is 14.1. The molecule has 0 heterocycles. The number of rotatable bonds is 12. The van der Waals surface area contributed by atoms with E-state index in [9.17, 15) is 19.2 Å². The van der Waals surface area contributed by atoms with Gasteiger partial charge in [0.1, 0.15) is 0 Å². The third-order valence-corrected chi connectivity index (χ3v) is 5.68. The number of hydrogen-bond donors (Lipinski definition) is 4. The lowest BCUT2D eigenvalue weighted by atomic mass is 10.1. The van der Waals surface area contributed by atoms with Crippen molar-refractivity contribution in [3.8, 4) is 0 Å². The number of carbonyl (C=O) groups excluding carboxylic acids is 4. The van der Waals surface area contributed by atoms with E-state index in [-0.39, 0.29) is 12.8 Å². The minimum absolute atomic E-state index is 0.276. The highest BCUT2D eigenvalue weighted by Gasteiger charge is 2.36. The Kier molecular flexibility index (Phi) is 14.7. The Hall–Kier alpha value is -0.790. The summed E-state index contributed by atoms with van der Waals surface area (Å²) in [5.41, 5.74) is 17.4. The monoisotopic (exact) mass is 453 g/mol. The first-order valence-corrected chi connectivity index (χ1v) is 12.9. The Morgan fingerprint density at radius 1 is 0.750 bits per heavy atom. The van der Waals surface area contributed by atoms with Crippen molar-refractivity contribution in [2.24, 2.45) is 17.2 Å². The molecule has 0 radical (unpaired) electrons. The van der Waals surface area contributed by atoms with Crippen LogP contribution in [0.5, 0.6) is 0 Å². The second kappa shape index (κ2) is 15.1. The fourth-order valence-corrected chi connectivity index (χ4v) is 3.48. The second-order valence-electron chi connectivity index (χ2n) is 5.97. The summed E-state index contributed by atoms with van der Waals surface area (Å²) in [6, 6.07) is -4.22. The fraction of sp³-hybridized carbons (Fsp3) is 0.750. The summed E-state index contributed by atoms with van der Waals surface area (Å²) in [5, 5.41) is 2.02. The third kappa shape index (κ3) is 9.61. The molecule has 0 aromatic carbocycles. The van der Waals surface area contributed by atoms with Crippen LogP contribution in [0.1, 0.15) is 19.3 Å². The van der Waals surface area contributed by atoms with Gasteiger partial charge in [0.15, 0.2) is 0 Å². The van der Waals surface area contributed by atoms with Gasteiger partial charge in [-0.05, 0) is 55.3 Å². The molecule has 0 aliphatic heterocycles. The molecule has 0 saturated carbocycles. The summed E-state index contributed by atoms with van der Waals surface area (Å²) in [6.07, 6.45) is 6.46. The van der Waals surface area contributed by atoms with Crippen molar-refractivity contribution in [1.82, 2.24) is 10.2 Å². The van der Waals surface area contributed by atoms with Crippen LogP contribution >= 0.6 is 35.3 Å².